The molecule has 1 fully saturated rings. The van der Waals surface area contributed by atoms with Crippen molar-refractivity contribution in [2.45, 2.75) is 26.1 Å². The Morgan fingerprint density at radius 2 is 1.86 bits per heavy atom. The van der Waals surface area contributed by atoms with Crippen LogP contribution in [0.3, 0.4) is 0 Å². The van der Waals surface area contributed by atoms with Gasteiger partial charge in [0.15, 0.2) is 0 Å². The minimum Gasteiger partial charge on any atom is -0.508 e. The lowest BCUT2D eigenvalue weighted by Gasteiger charge is -2.29. The molecule has 0 amide bonds. The molecular weight excluding hydrogens is 272 g/mol. The zero-order valence-corrected chi connectivity index (χ0v) is 11.9. The maximum absolute atomic E-state index is 11.8. The second kappa shape index (κ2) is 5.44. The standard InChI is InChI=1S/C16H16O5/c1-4-5-11-8-10(6-7-13(11)17)9-12-14(18)20-16(2,3)21-15(12)19/h4,6-9,17H,1,5H2,2-3H3. The maximum Gasteiger partial charge on any atom is 0.348 e. The lowest BCUT2D eigenvalue weighted by molar-refractivity contribution is -0.222. The first-order valence-electron chi connectivity index (χ1n) is 6.43. The molecule has 110 valence electrons. The summed E-state index contributed by atoms with van der Waals surface area (Å²) < 4.78 is 10.0. The molecule has 1 N–H and O–H groups in total. The fraction of sp³-hybridized carbons (Fsp3) is 0.250. The van der Waals surface area contributed by atoms with Crippen molar-refractivity contribution < 1.29 is 24.2 Å². The number of ether oxygens (including phenoxy) is 2. The number of aromatic hydroxyl groups is 1. The van der Waals surface area contributed by atoms with E-state index in [1.807, 2.05) is 0 Å². The third-order valence-electron chi connectivity index (χ3n) is 2.90. The van der Waals surface area contributed by atoms with Crippen LogP contribution in [0.25, 0.3) is 6.08 Å². The van der Waals surface area contributed by atoms with Gasteiger partial charge in [-0.25, -0.2) is 9.59 Å². The SMILES string of the molecule is C=CCc1cc(C=C2C(=O)OC(C)(C)OC2=O)ccc1O. The van der Waals surface area contributed by atoms with Crippen LogP contribution in [0.5, 0.6) is 5.75 Å². The van der Waals surface area contributed by atoms with Gasteiger partial charge in [-0.05, 0) is 35.8 Å². The lowest BCUT2D eigenvalue weighted by Crippen LogP contribution is -2.41. The van der Waals surface area contributed by atoms with Crippen molar-refractivity contribution in [2.75, 3.05) is 0 Å². The van der Waals surface area contributed by atoms with Crippen LogP contribution in [0.15, 0.2) is 36.4 Å². The molecule has 1 aromatic rings. The van der Waals surface area contributed by atoms with Gasteiger partial charge in [0, 0.05) is 13.8 Å². The van der Waals surface area contributed by atoms with Gasteiger partial charge in [0.05, 0.1) is 0 Å². The zero-order valence-electron chi connectivity index (χ0n) is 11.9. The number of carbonyl (C=O) groups excluding carboxylic acids is 2. The van der Waals surface area contributed by atoms with Crippen molar-refractivity contribution in [1.29, 1.82) is 0 Å². The number of carbonyl (C=O) groups is 2. The van der Waals surface area contributed by atoms with Gasteiger partial charge in [-0.2, -0.15) is 0 Å². The van der Waals surface area contributed by atoms with E-state index in [4.69, 9.17) is 9.47 Å². The van der Waals surface area contributed by atoms with E-state index in [1.54, 1.807) is 18.2 Å². The van der Waals surface area contributed by atoms with E-state index < -0.39 is 17.7 Å². The molecule has 5 nitrogen and oxygen atoms in total. The van der Waals surface area contributed by atoms with Crippen molar-refractivity contribution in [3.63, 3.8) is 0 Å². The van der Waals surface area contributed by atoms with Gasteiger partial charge < -0.3 is 14.6 Å². The summed E-state index contributed by atoms with van der Waals surface area (Å²) in [5.41, 5.74) is 1.06. The van der Waals surface area contributed by atoms with Crippen molar-refractivity contribution in [3.05, 3.63) is 47.6 Å². The molecule has 0 bridgehead atoms. The van der Waals surface area contributed by atoms with E-state index >= 15 is 0 Å². The number of esters is 2. The second-order valence-electron chi connectivity index (χ2n) is 5.12. The first-order valence-corrected chi connectivity index (χ1v) is 6.43. The number of phenolic OH excluding ortho intramolecular Hbond substituents is 1. The maximum atomic E-state index is 11.8. The van der Waals surface area contributed by atoms with Gasteiger partial charge in [0.25, 0.3) is 5.79 Å². The molecule has 21 heavy (non-hydrogen) atoms. The monoisotopic (exact) mass is 288 g/mol. The highest BCUT2D eigenvalue weighted by Gasteiger charge is 2.38. The van der Waals surface area contributed by atoms with Crippen LogP contribution in [0.1, 0.15) is 25.0 Å². The number of benzene rings is 1. The van der Waals surface area contributed by atoms with Crippen LogP contribution < -0.4 is 0 Å². The Bertz CT molecular complexity index is 618. The fourth-order valence-corrected chi connectivity index (χ4v) is 1.96. The Labute approximate surface area is 122 Å². The van der Waals surface area contributed by atoms with E-state index in [0.29, 0.717) is 17.5 Å². The largest absolute Gasteiger partial charge is 0.508 e. The molecule has 1 saturated heterocycles. The topological polar surface area (TPSA) is 72.8 Å². The summed E-state index contributed by atoms with van der Waals surface area (Å²) in [5, 5.41) is 9.69. The Hall–Kier alpha value is -2.56. The third kappa shape index (κ3) is 3.31. The summed E-state index contributed by atoms with van der Waals surface area (Å²) in [4.78, 5) is 23.7. The molecular formula is C16H16O5. The van der Waals surface area contributed by atoms with Crippen LogP contribution in [0.2, 0.25) is 0 Å². The molecule has 0 spiro atoms. The molecule has 5 heteroatoms. The quantitative estimate of drug-likeness (QED) is 0.400. The van der Waals surface area contributed by atoms with Gasteiger partial charge in [-0.15, -0.1) is 6.58 Å². The van der Waals surface area contributed by atoms with Crippen LogP contribution in [0, 0.1) is 0 Å². The molecule has 0 saturated carbocycles. The Balaban J connectivity index is 2.35. The molecule has 1 aromatic carbocycles. The van der Waals surface area contributed by atoms with Crippen molar-refractivity contribution in [2.24, 2.45) is 0 Å². The normalized spacial score (nSPS) is 17.0. The average molecular weight is 288 g/mol. The summed E-state index contributed by atoms with van der Waals surface area (Å²) in [6.45, 7) is 6.58. The summed E-state index contributed by atoms with van der Waals surface area (Å²) in [6, 6.07) is 4.76. The molecule has 1 aliphatic heterocycles. The Morgan fingerprint density at radius 3 is 2.43 bits per heavy atom. The molecule has 1 aliphatic rings. The highest BCUT2D eigenvalue weighted by Crippen LogP contribution is 2.26. The fourth-order valence-electron chi connectivity index (χ4n) is 1.96. The minimum atomic E-state index is -1.26. The molecule has 0 atom stereocenters. The zero-order chi connectivity index (χ0) is 15.6. The molecule has 0 aliphatic carbocycles. The van der Waals surface area contributed by atoms with Crippen LogP contribution >= 0.6 is 0 Å². The van der Waals surface area contributed by atoms with E-state index in [9.17, 15) is 14.7 Å². The first kappa shape index (κ1) is 14.8. The third-order valence-corrected chi connectivity index (χ3v) is 2.90. The number of phenols is 1. The van der Waals surface area contributed by atoms with Gasteiger partial charge >= 0.3 is 11.9 Å². The highest BCUT2D eigenvalue weighted by atomic mass is 16.7. The summed E-state index contributed by atoms with van der Waals surface area (Å²) in [7, 11) is 0. The minimum absolute atomic E-state index is 0.131. The van der Waals surface area contributed by atoms with E-state index in [1.165, 1.54) is 26.0 Å². The number of hydrogen-bond donors (Lipinski definition) is 1. The smallest absolute Gasteiger partial charge is 0.348 e. The lowest BCUT2D eigenvalue weighted by atomic mass is 10.0. The first-order chi connectivity index (χ1) is 9.82. The number of rotatable bonds is 3. The van der Waals surface area contributed by atoms with Crippen molar-refractivity contribution in [3.8, 4) is 5.75 Å². The molecule has 2 rings (SSSR count). The molecule has 0 radical (unpaired) electrons. The number of hydrogen-bond acceptors (Lipinski definition) is 5. The molecule has 0 unspecified atom stereocenters. The molecule has 1 heterocycles. The Kier molecular flexibility index (Phi) is 3.84. The predicted octanol–water partition coefficient (Wildman–Crippen LogP) is 2.34. The summed E-state index contributed by atoms with van der Waals surface area (Å²) >= 11 is 0. The second-order valence-corrected chi connectivity index (χ2v) is 5.12. The number of cyclic esters (lactones) is 2. The number of allylic oxidation sites excluding steroid dienone is 1. The highest BCUT2D eigenvalue weighted by molar-refractivity contribution is 6.18. The van der Waals surface area contributed by atoms with Crippen LogP contribution in [-0.2, 0) is 25.5 Å². The van der Waals surface area contributed by atoms with Gasteiger partial charge in [0.2, 0.25) is 0 Å². The average Bonchev–Trinajstić information content (AvgIpc) is 2.36. The van der Waals surface area contributed by atoms with Gasteiger partial charge in [-0.3, -0.25) is 0 Å². The van der Waals surface area contributed by atoms with E-state index in [-0.39, 0.29) is 11.3 Å². The van der Waals surface area contributed by atoms with E-state index in [0.717, 1.165) is 0 Å². The van der Waals surface area contributed by atoms with Crippen molar-refractivity contribution >= 4 is 18.0 Å². The van der Waals surface area contributed by atoms with Crippen LogP contribution in [-0.4, -0.2) is 22.8 Å². The Morgan fingerprint density at radius 1 is 1.24 bits per heavy atom. The van der Waals surface area contributed by atoms with E-state index in [2.05, 4.69) is 6.58 Å². The van der Waals surface area contributed by atoms with Crippen LogP contribution in [0.4, 0.5) is 0 Å². The van der Waals surface area contributed by atoms with Gasteiger partial charge in [0.1, 0.15) is 11.3 Å². The molecule has 0 aromatic heterocycles. The van der Waals surface area contributed by atoms with Crippen molar-refractivity contribution in [1.82, 2.24) is 0 Å². The van der Waals surface area contributed by atoms with Gasteiger partial charge in [-0.1, -0.05) is 12.1 Å². The summed E-state index contributed by atoms with van der Waals surface area (Å²) in [5.74, 6) is -2.58. The predicted molar refractivity (Wildman–Crippen MR) is 76.2 cm³/mol. The summed E-state index contributed by atoms with van der Waals surface area (Å²) in [6.07, 6.45) is 3.51.